The molecule has 7 nitrogen and oxygen atoms in total. The summed E-state index contributed by atoms with van der Waals surface area (Å²) in [6, 6.07) is 14.8. The van der Waals surface area contributed by atoms with Crippen LogP contribution in [0.5, 0.6) is 5.75 Å². The summed E-state index contributed by atoms with van der Waals surface area (Å²) < 4.78 is 15.0. The number of aliphatic carboxylic acids is 1. The number of carboxylic acids is 1. The van der Waals surface area contributed by atoms with Gasteiger partial charge in [-0.1, -0.05) is 30.3 Å². The van der Waals surface area contributed by atoms with Crippen molar-refractivity contribution >= 4 is 17.9 Å². The van der Waals surface area contributed by atoms with Gasteiger partial charge in [-0.05, 0) is 36.8 Å². The molecule has 1 N–H and O–H groups in total. The number of benzene rings is 2. The summed E-state index contributed by atoms with van der Waals surface area (Å²) in [5.74, 6) is -2.87. The van der Waals surface area contributed by atoms with Crippen LogP contribution in [0.4, 0.5) is 0 Å². The van der Waals surface area contributed by atoms with Gasteiger partial charge < -0.3 is 19.3 Å². The summed E-state index contributed by atoms with van der Waals surface area (Å²) in [4.78, 5) is 34.7. The van der Waals surface area contributed by atoms with E-state index in [0.29, 0.717) is 0 Å². The van der Waals surface area contributed by atoms with Crippen LogP contribution in [-0.4, -0.2) is 35.7 Å². The molecule has 0 saturated carbocycles. The number of esters is 2. The van der Waals surface area contributed by atoms with Crippen molar-refractivity contribution in [1.29, 1.82) is 0 Å². The molecule has 2 aromatic carbocycles. The molecule has 1 unspecified atom stereocenters. The molecule has 0 amide bonds. The van der Waals surface area contributed by atoms with Gasteiger partial charge in [0.15, 0.2) is 0 Å². The normalized spacial score (nSPS) is 11.3. The Balaban J connectivity index is 1.97. The second kappa shape index (κ2) is 9.22. The number of ether oxygens (including phenoxy) is 3. The third-order valence-corrected chi connectivity index (χ3v) is 3.28. The molecule has 0 bridgehead atoms. The second-order valence-electron chi connectivity index (χ2n) is 5.17. The fraction of sp³-hybridized carbons (Fsp3) is 0.211. The highest BCUT2D eigenvalue weighted by Crippen LogP contribution is 2.16. The molecule has 0 aromatic heterocycles. The Bertz CT molecular complexity index is 753. The number of rotatable bonds is 8. The molecule has 2 rings (SSSR count). The average molecular weight is 358 g/mol. The van der Waals surface area contributed by atoms with Crippen molar-refractivity contribution in [2.45, 2.75) is 19.6 Å². The summed E-state index contributed by atoms with van der Waals surface area (Å²) in [5, 5.41) is 9.05. The lowest BCUT2D eigenvalue weighted by Gasteiger charge is -2.14. The third kappa shape index (κ3) is 5.34. The van der Waals surface area contributed by atoms with E-state index in [1.165, 1.54) is 24.3 Å². The number of hydrogen-bond donors (Lipinski definition) is 1. The Morgan fingerprint density at radius 1 is 0.962 bits per heavy atom. The quantitative estimate of drug-likeness (QED) is 0.571. The van der Waals surface area contributed by atoms with Gasteiger partial charge in [-0.2, -0.15) is 0 Å². The van der Waals surface area contributed by atoms with Crippen LogP contribution in [0.3, 0.4) is 0 Å². The summed E-state index contributed by atoms with van der Waals surface area (Å²) in [6.07, 6.45) is -1.77. The fourth-order valence-electron chi connectivity index (χ4n) is 2.03. The van der Waals surface area contributed by atoms with Gasteiger partial charge >= 0.3 is 17.9 Å². The van der Waals surface area contributed by atoms with Gasteiger partial charge in [-0.15, -0.1) is 0 Å². The number of carboxylic acid groups (broad SMARTS) is 1. The topological polar surface area (TPSA) is 99.1 Å². The van der Waals surface area contributed by atoms with E-state index in [0.717, 1.165) is 5.56 Å². The lowest BCUT2D eigenvalue weighted by molar-refractivity contribution is -0.162. The molecule has 1 atom stereocenters. The molecule has 0 spiro atoms. The maximum atomic E-state index is 12.0. The standard InChI is InChI=1S/C19H18O7/c1-2-24-19(23)16(17(20)21)26-15-10-8-14(9-11-15)18(22)25-12-13-6-4-3-5-7-13/h3-11,16H,2,12H2,1H3,(H,20,21). The Labute approximate surface area is 150 Å². The largest absolute Gasteiger partial charge is 0.478 e. The lowest BCUT2D eigenvalue weighted by atomic mass is 10.2. The van der Waals surface area contributed by atoms with Crippen molar-refractivity contribution in [2.24, 2.45) is 0 Å². The highest BCUT2D eigenvalue weighted by Gasteiger charge is 2.30. The minimum Gasteiger partial charge on any atom is -0.478 e. The predicted octanol–water partition coefficient (Wildman–Crippen LogP) is 2.44. The molecule has 0 radical (unpaired) electrons. The predicted molar refractivity (Wildman–Crippen MR) is 90.7 cm³/mol. The highest BCUT2D eigenvalue weighted by molar-refractivity contribution is 5.97. The van der Waals surface area contributed by atoms with Gasteiger partial charge in [0, 0.05) is 0 Å². The van der Waals surface area contributed by atoms with E-state index in [1.807, 2.05) is 30.3 Å². The first-order valence-electron chi connectivity index (χ1n) is 7.88. The van der Waals surface area contributed by atoms with Crippen LogP contribution >= 0.6 is 0 Å². The van der Waals surface area contributed by atoms with Crippen molar-refractivity contribution in [1.82, 2.24) is 0 Å². The first-order chi connectivity index (χ1) is 12.5. The van der Waals surface area contributed by atoms with Crippen LogP contribution in [0.25, 0.3) is 0 Å². The highest BCUT2D eigenvalue weighted by atomic mass is 16.6. The Hall–Kier alpha value is -3.35. The van der Waals surface area contributed by atoms with E-state index in [2.05, 4.69) is 4.74 Å². The molecule has 2 aromatic rings. The molecule has 7 heteroatoms. The minimum absolute atomic E-state index is 0.0398. The van der Waals surface area contributed by atoms with Crippen molar-refractivity contribution < 1.29 is 33.7 Å². The Morgan fingerprint density at radius 2 is 1.62 bits per heavy atom. The summed E-state index contributed by atoms with van der Waals surface area (Å²) >= 11 is 0. The monoisotopic (exact) mass is 358 g/mol. The van der Waals surface area contributed by atoms with Gasteiger partial charge in [0.25, 0.3) is 6.10 Å². The Morgan fingerprint density at radius 3 is 2.19 bits per heavy atom. The van der Waals surface area contributed by atoms with Crippen molar-refractivity contribution in [3.8, 4) is 5.75 Å². The smallest absolute Gasteiger partial charge is 0.359 e. The Kier molecular flexibility index (Phi) is 6.73. The minimum atomic E-state index is -1.77. The zero-order valence-electron chi connectivity index (χ0n) is 14.1. The molecule has 0 fully saturated rings. The van der Waals surface area contributed by atoms with Crippen molar-refractivity contribution in [3.63, 3.8) is 0 Å². The number of hydrogen-bond acceptors (Lipinski definition) is 6. The van der Waals surface area contributed by atoms with Crippen LogP contribution in [0, 0.1) is 0 Å². The zero-order chi connectivity index (χ0) is 18.9. The van der Waals surface area contributed by atoms with Crippen molar-refractivity contribution in [2.75, 3.05) is 6.61 Å². The van der Waals surface area contributed by atoms with E-state index >= 15 is 0 Å². The maximum Gasteiger partial charge on any atom is 0.359 e. The first-order valence-corrected chi connectivity index (χ1v) is 7.88. The van der Waals surface area contributed by atoms with Crippen molar-refractivity contribution in [3.05, 3.63) is 65.7 Å². The van der Waals surface area contributed by atoms with Gasteiger partial charge in [0.05, 0.1) is 12.2 Å². The van der Waals surface area contributed by atoms with Crippen LogP contribution in [0.1, 0.15) is 22.8 Å². The summed E-state index contributed by atoms with van der Waals surface area (Å²) in [5.41, 5.74) is 1.14. The fourth-order valence-corrected chi connectivity index (χ4v) is 2.03. The molecule has 0 aliphatic rings. The second-order valence-corrected chi connectivity index (χ2v) is 5.17. The van der Waals surface area contributed by atoms with Gasteiger partial charge in [0.1, 0.15) is 12.4 Å². The number of carbonyl (C=O) groups is 3. The van der Waals surface area contributed by atoms with Gasteiger partial charge in [-0.25, -0.2) is 14.4 Å². The van der Waals surface area contributed by atoms with Crippen LogP contribution < -0.4 is 4.74 Å². The number of carbonyl (C=O) groups excluding carboxylic acids is 2. The molecule has 0 aliphatic carbocycles. The summed E-state index contributed by atoms with van der Waals surface area (Å²) in [6.45, 7) is 1.74. The van der Waals surface area contributed by atoms with E-state index in [4.69, 9.17) is 14.6 Å². The van der Waals surface area contributed by atoms with Gasteiger partial charge in [0.2, 0.25) is 0 Å². The SMILES string of the molecule is CCOC(=O)C(Oc1ccc(C(=O)OCc2ccccc2)cc1)C(=O)O. The van der Waals surface area contributed by atoms with E-state index < -0.39 is 24.0 Å². The molecule has 26 heavy (non-hydrogen) atoms. The molecular weight excluding hydrogens is 340 g/mol. The molecule has 136 valence electrons. The maximum absolute atomic E-state index is 12.0. The van der Waals surface area contributed by atoms with Crippen LogP contribution in [-0.2, 0) is 25.7 Å². The van der Waals surface area contributed by atoms with Gasteiger partial charge in [-0.3, -0.25) is 0 Å². The van der Waals surface area contributed by atoms with Crippen LogP contribution in [0.2, 0.25) is 0 Å². The van der Waals surface area contributed by atoms with E-state index in [-0.39, 0.29) is 24.5 Å². The zero-order valence-corrected chi connectivity index (χ0v) is 14.1. The first kappa shape index (κ1) is 19.0. The van der Waals surface area contributed by atoms with Crippen LogP contribution in [0.15, 0.2) is 54.6 Å². The molecule has 0 heterocycles. The van der Waals surface area contributed by atoms with E-state index in [1.54, 1.807) is 6.92 Å². The van der Waals surface area contributed by atoms with E-state index in [9.17, 15) is 14.4 Å². The molecule has 0 aliphatic heterocycles. The lowest BCUT2D eigenvalue weighted by Crippen LogP contribution is -2.37. The third-order valence-electron chi connectivity index (χ3n) is 3.28. The average Bonchev–Trinajstić information content (AvgIpc) is 2.65. The summed E-state index contributed by atoms with van der Waals surface area (Å²) in [7, 11) is 0. The molecule has 0 saturated heterocycles. The molecular formula is C19H18O7.